The molecular weight excluding hydrogens is 548 g/mol. The molecule has 0 fully saturated rings. The highest BCUT2D eigenvalue weighted by molar-refractivity contribution is 8.00. The van der Waals surface area contributed by atoms with E-state index in [1.807, 2.05) is 43.3 Å². The van der Waals surface area contributed by atoms with Crippen LogP contribution in [0, 0.1) is 0 Å². The van der Waals surface area contributed by atoms with Crippen LogP contribution in [0.15, 0.2) is 70.2 Å². The summed E-state index contributed by atoms with van der Waals surface area (Å²) in [6.07, 6.45) is 1.13. The first-order valence-electron chi connectivity index (χ1n) is 13.2. The summed E-state index contributed by atoms with van der Waals surface area (Å²) in [6, 6.07) is 19.4. The third-order valence-corrected chi connectivity index (χ3v) is 9.12. The van der Waals surface area contributed by atoms with Crippen LogP contribution in [0.3, 0.4) is 0 Å². The number of carbonyl (C=O) groups excluding carboxylic acids is 2. The second-order valence-electron chi connectivity index (χ2n) is 9.29. The molecule has 0 saturated heterocycles. The number of hydrogen-bond donors (Lipinski definition) is 1. The minimum Gasteiger partial charge on any atom is -0.538 e. The minimum atomic E-state index is -0.620. The lowest BCUT2D eigenvalue weighted by Gasteiger charge is -2.27. The number of carbonyl (C=O) groups is 2. The molecule has 1 aliphatic heterocycles. The molecule has 2 aromatic heterocycles. The van der Waals surface area contributed by atoms with Crippen LogP contribution in [0.5, 0.6) is 5.95 Å². The van der Waals surface area contributed by atoms with Crippen LogP contribution in [-0.2, 0) is 29.0 Å². The van der Waals surface area contributed by atoms with Crippen molar-refractivity contribution >= 4 is 40.0 Å². The molecule has 9 nitrogen and oxygen atoms in total. The zero-order valence-electron chi connectivity index (χ0n) is 22.3. The number of benzene rings is 2. The van der Waals surface area contributed by atoms with Crippen molar-refractivity contribution in [2.45, 2.75) is 50.1 Å². The van der Waals surface area contributed by atoms with E-state index in [2.05, 4.69) is 27.6 Å². The van der Waals surface area contributed by atoms with Crippen molar-refractivity contribution in [3.8, 4) is 11.6 Å². The van der Waals surface area contributed by atoms with Gasteiger partial charge in [0.2, 0.25) is 11.6 Å². The summed E-state index contributed by atoms with van der Waals surface area (Å²) in [4.78, 5) is 30.0. The summed E-state index contributed by atoms with van der Waals surface area (Å²) >= 11 is 2.51. The van der Waals surface area contributed by atoms with Crippen LogP contribution in [0.4, 0.5) is 5.00 Å². The average molecular weight is 579 g/mol. The summed E-state index contributed by atoms with van der Waals surface area (Å²) in [5, 5.41) is 19.4. The lowest BCUT2D eigenvalue weighted by atomic mass is 10.0. The summed E-state index contributed by atoms with van der Waals surface area (Å²) in [7, 11) is 0. The Morgan fingerprint density at radius 2 is 1.90 bits per heavy atom. The normalized spacial score (nSPS) is 13.9. The third-order valence-electron chi connectivity index (χ3n) is 6.59. The number of nitrogens with one attached hydrogen (secondary N) is 1. The number of fused-ring (bicyclic) bond motifs is 1. The molecule has 1 atom stereocenters. The molecule has 0 bridgehead atoms. The van der Waals surface area contributed by atoms with Crippen molar-refractivity contribution in [2.75, 3.05) is 18.5 Å². The summed E-state index contributed by atoms with van der Waals surface area (Å²) in [5.41, 5.74) is 3.25. The molecule has 2 aromatic carbocycles. The van der Waals surface area contributed by atoms with Crippen LogP contribution in [0.2, 0.25) is 0 Å². The molecule has 0 spiro atoms. The highest BCUT2D eigenvalue weighted by atomic mass is 32.2. The Hall–Kier alpha value is -3.67. The lowest BCUT2D eigenvalue weighted by molar-refractivity contribution is -0.705. The molecule has 208 valence electrons. The van der Waals surface area contributed by atoms with Crippen LogP contribution in [0.25, 0.3) is 5.69 Å². The van der Waals surface area contributed by atoms with Gasteiger partial charge in [-0.05, 0) is 47.3 Å². The van der Waals surface area contributed by atoms with Crippen molar-refractivity contribution in [3.63, 3.8) is 0 Å². The maximum atomic E-state index is 13.5. The van der Waals surface area contributed by atoms with Gasteiger partial charge in [0.15, 0.2) is 5.95 Å². The lowest BCUT2D eigenvalue weighted by Crippen LogP contribution is -2.36. The number of esters is 1. The van der Waals surface area contributed by atoms with Crippen molar-refractivity contribution in [1.29, 1.82) is 0 Å². The van der Waals surface area contributed by atoms with Gasteiger partial charge in [0.05, 0.1) is 22.7 Å². The monoisotopic (exact) mass is 578 g/mol. The topological polar surface area (TPSA) is 112 Å². The van der Waals surface area contributed by atoms with E-state index in [0.717, 1.165) is 35.3 Å². The molecule has 0 aliphatic carbocycles. The molecule has 1 amide bonds. The highest BCUT2D eigenvalue weighted by Crippen LogP contribution is 2.39. The molecule has 11 heteroatoms. The first kappa shape index (κ1) is 27.9. The van der Waals surface area contributed by atoms with Gasteiger partial charge in [-0.3, -0.25) is 9.69 Å². The Balaban J connectivity index is 1.37. The number of rotatable bonds is 10. The van der Waals surface area contributed by atoms with Crippen molar-refractivity contribution < 1.29 is 28.6 Å². The van der Waals surface area contributed by atoms with Crippen LogP contribution >= 0.6 is 23.1 Å². The van der Waals surface area contributed by atoms with E-state index in [9.17, 15) is 14.7 Å². The summed E-state index contributed by atoms with van der Waals surface area (Å²) < 4.78 is 11.7. The molecule has 4 aromatic rings. The number of aromatic nitrogens is 2. The van der Waals surface area contributed by atoms with Gasteiger partial charge in [-0.2, -0.15) is 0 Å². The predicted octanol–water partition coefficient (Wildman–Crippen LogP) is 4.33. The second kappa shape index (κ2) is 12.7. The van der Waals surface area contributed by atoms with Gasteiger partial charge in [-0.1, -0.05) is 55.5 Å². The summed E-state index contributed by atoms with van der Waals surface area (Å²) in [6.45, 7) is 6.16. The van der Waals surface area contributed by atoms with E-state index in [-0.39, 0.29) is 17.5 Å². The molecule has 5 rings (SSSR count). The molecule has 0 radical (unpaired) electrons. The number of thioether (sulfide) groups is 1. The van der Waals surface area contributed by atoms with Gasteiger partial charge in [0.1, 0.15) is 5.00 Å². The first-order chi connectivity index (χ1) is 19.5. The molecule has 1 aliphatic rings. The summed E-state index contributed by atoms with van der Waals surface area (Å²) in [5.74, 6) is -1.36. The average Bonchev–Trinajstić information content (AvgIpc) is 3.51. The fourth-order valence-corrected chi connectivity index (χ4v) is 6.92. The third kappa shape index (κ3) is 6.06. The van der Waals surface area contributed by atoms with E-state index >= 15 is 0 Å². The second-order valence-corrected chi connectivity index (χ2v) is 11.6. The smallest absolute Gasteiger partial charge is 0.341 e. The number of thiophene rings is 1. The van der Waals surface area contributed by atoms with E-state index in [4.69, 9.17) is 9.26 Å². The number of hydrogen-bond acceptors (Lipinski definition) is 9. The number of amides is 1. The zero-order valence-corrected chi connectivity index (χ0v) is 23.9. The Morgan fingerprint density at radius 1 is 1.18 bits per heavy atom. The van der Waals surface area contributed by atoms with Crippen LogP contribution in [0.1, 0.15) is 46.6 Å². The van der Waals surface area contributed by atoms with Gasteiger partial charge < -0.3 is 19.7 Å². The molecule has 1 N–H and O–H groups in total. The van der Waals surface area contributed by atoms with E-state index in [0.29, 0.717) is 35.6 Å². The standard InChI is InChI=1S/C29H30N4O5S2/c1-3-22(40-27-29(36)38-31-33(27)20-13-9-6-10-14-20)25(34)30-26-24(28(35)37-4-2)21-15-16-32(18-23(21)39-26)17-19-11-7-5-8-12-19/h5-14,22H,3-4,15-18H2,1-2H3,(H-,30,31,34,35,36). The van der Waals surface area contributed by atoms with E-state index in [1.54, 1.807) is 19.1 Å². The van der Waals surface area contributed by atoms with Gasteiger partial charge in [-0.25, -0.2) is 4.79 Å². The number of anilines is 1. The first-order valence-corrected chi connectivity index (χ1v) is 14.9. The Kier molecular flexibility index (Phi) is 8.83. The van der Waals surface area contributed by atoms with Crippen molar-refractivity contribution in [1.82, 2.24) is 10.2 Å². The largest absolute Gasteiger partial charge is 0.538 e. The SMILES string of the molecule is CCOC(=O)c1c(NC(=O)C(CC)Sc2c([O-])on[n+]2-c2ccccc2)sc2c1CCN(Cc1ccccc1)C2. The van der Waals surface area contributed by atoms with E-state index in [1.165, 1.54) is 21.6 Å². The maximum absolute atomic E-state index is 13.5. The quantitative estimate of drug-likeness (QED) is 0.168. The van der Waals surface area contributed by atoms with Crippen molar-refractivity contribution in [2.24, 2.45) is 0 Å². The zero-order chi connectivity index (χ0) is 28.1. The fraction of sp³-hybridized carbons (Fsp3) is 0.310. The Labute approximate surface area is 240 Å². The molecule has 40 heavy (non-hydrogen) atoms. The Bertz CT molecular complexity index is 1470. The molecular formula is C29H30N4O5S2. The molecule has 0 saturated carbocycles. The molecule has 3 heterocycles. The Morgan fingerprint density at radius 3 is 2.60 bits per heavy atom. The van der Waals surface area contributed by atoms with Gasteiger partial charge >= 0.3 is 5.97 Å². The van der Waals surface area contributed by atoms with Crippen LogP contribution < -0.4 is 15.1 Å². The molecule has 1 unspecified atom stereocenters. The number of ether oxygens (including phenoxy) is 1. The predicted molar refractivity (Wildman–Crippen MR) is 151 cm³/mol. The highest BCUT2D eigenvalue weighted by Gasteiger charge is 2.32. The van der Waals surface area contributed by atoms with Gasteiger partial charge in [0.25, 0.3) is 5.03 Å². The fourth-order valence-electron chi connectivity index (χ4n) is 4.66. The van der Waals surface area contributed by atoms with Crippen molar-refractivity contribution in [3.05, 3.63) is 82.2 Å². The van der Waals surface area contributed by atoms with Crippen LogP contribution in [-0.4, -0.2) is 40.4 Å². The number of para-hydroxylation sites is 1. The van der Waals surface area contributed by atoms with Gasteiger partial charge in [0, 0.05) is 36.6 Å². The van der Waals surface area contributed by atoms with Gasteiger partial charge in [-0.15, -0.1) is 11.3 Å². The maximum Gasteiger partial charge on any atom is 0.341 e. The number of nitrogens with zero attached hydrogens (tertiary/aromatic N) is 3. The van der Waals surface area contributed by atoms with E-state index < -0.39 is 17.2 Å². The minimum absolute atomic E-state index is 0.209.